The van der Waals surface area contributed by atoms with E-state index < -0.39 is 41.2 Å². The van der Waals surface area contributed by atoms with E-state index in [1.165, 1.54) is 4.90 Å². The van der Waals surface area contributed by atoms with Crippen LogP contribution in [-0.2, 0) is 23.5 Å². The molecule has 0 aliphatic carbocycles. The van der Waals surface area contributed by atoms with E-state index >= 15 is 0 Å². The molecule has 0 radical (unpaired) electrons. The van der Waals surface area contributed by atoms with Gasteiger partial charge in [0.15, 0.2) is 0 Å². The Labute approximate surface area is 189 Å². The van der Waals surface area contributed by atoms with Gasteiger partial charge in [0, 0.05) is 51.2 Å². The summed E-state index contributed by atoms with van der Waals surface area (Å²) in [6.45, 7) is 2.60. The molecular weight excluding hydrogens is 472 g/mol. The zero-order valence-corrected chi connectivity index (χ0v) is 17.9. The van der Waals surface area contributed by atoms with E-state index in [1.54, 1.807) is 11.8 Å². The highest BCUT2D eigenvalue weighted by Gasteiger charge is 2.35. The van der Waals surface area contributed by atoms with Crippen molar-refractivity contribution in [3.8, 4) is 0 Å². The van der Waals surface area contributed by atoms with Gasteiger partial charge in [-0.05, 0) is 18.1 Å². The SMILES string of the molecule is CC[C@@H](Cc1c[nH]c(=O)c(C(F)(F)F)c1)OC(=O)N1CCN(c2ncc(C(F)(F)F)cn2)CC1. The largest absolute Gasteiger partial charge is 0.446 e. The van der Waals surface area contributed by atoms with Gasteiger partial charge in [0.1, 0.15) is 11.7 Å². The highest BCUT2D eigenvalue weighted by atomic mass is 19.4. The Bertz CT molecular complexity index is 1050. The quantitative estimate of drug-likeness (QED) is 0.642. The predicted molar refractivity (Wildman–Crippen MR) is 107 cm³/mol. The van der Waals surface area contributed by atoms with Crippen molar-refractivity contribution in [3.05, 3.63) is 51.7 Å². The van der Waals surface area contributed by atoms with Crippen LogP contribution in [0, 0.1) is 0 Å². The van der Waals surface area contributed by atoms with Gasteiger partial charge in [-0.15, -0.1) is 0 Å². The van der Waals surface area contributed by atoms with E-state index in [-0.39, 0.29) is 44.1 Å². The first-order valence-electron chi connectivity index (χ1n) is 10.3. The van der Waals surface area contributed by atoms with Crippen molar-refractivity contribution in [2.75, 3.05) is 31.1 Å². The molecule has 2 aromatic heterocycles. The van der Waals surface area contributed by atoms with Crippen LogP contribution in [0.15, 0.2) is 29.5 Å². The fraction of sp³-hybridized carbons (Fsp3) is 0.500. The summed E-state index contributed by atoms with van der Waals surface area (Å²) in [5.74, 6) is 0.103. The molecule has 0 saturated carbocycles. The maximum atomic E-state index is 13.0. The maximum absolute atomic E-state index is 13.0. The molecule has 1 aliphatic rings. The van der Waals surface area contributed by atoms with E-state index in [1.807, 2.05) is 4.98 Å². The average molecular weight is 493 g/mol. The van der Waals surface area contributed by atoms with E-state index in [0.29, 0.717) is 18.8 Å². The fourth-order valence-electron chi connectivity index (χ4n) is 3.33. The second kappa shape index (κ2) is 9.89. The van der Waals surface area contributed by atoms with Crippen LogP contribution in [0.25, 0.3) is 0 Å². The summed E-state index contributed by atoms with van der Waals surface area (Å²) in [5.41, 5.74) is -3.38. The van der Waals surface area contributed by atoms with Crippen LogP contribution >= 0.6 is 0 Å². The number of rotatable bonds is 5. The van der Waals surface area contributed by atoms with Gasteiger partial charge in [-0.25, -0.2) is 14.8 Å². The molecule has 1 atom stereocenters. The number of nitrogens with one attached hydrogen (secondary N) is 1. The van der Waals surface area contributed by atoms with Gasteiger partial charge in [-0.3, -0.25) is 4.79 Å². The van der Waals surface area contributed by atoms with Crippen LogP contribution in [0.5, 0.6) is 0 Å². The molecule has 1 fully saturated rings. The lowest BCUT2D eigenvalue weighted by atomic mass is 10.1. The third kappa shape index (κ3) is 6.17. The molecule has 0 spiro atoms. The van der Waals surface area contributed by atoms with Crippen molar-refractivity contribution in [2.24, 2.45) is 0 Å². The third-order valence-corrected chi connectivity index (χ3v) is 5.24. The van der Waals surface area contributed by atoms with Gasteiger partial charge >= 0.3 is 18.4 Å². The lowest BCUT2D eigenvalue weighted by Crippen LogP contribution is -2.50. The van der Waals surface area contributed by atoms with Gasteiger partial charge in [0.05, 0.1) is 5.56 Å². The van der Waals surface area contributed by atoms with Crippen LogP contribution < -0.4 is 10.5 Å². The number of hydrogen-bond donors (Lipinski definition) is 1. The van der Waals surface area contributed by atoms with Crippen molar-refractivity contribution >= 4 is 12.0 Å². The second-order valence-corrected chi connectivity index (χ2v) is 7.61. The topological polar surface area (TPSA) is 91.4 Å². The van der Waals surface area contributed by atoms with Crippen LogP contribution in [0.4, 0.5) is 37.1 Å². The molecule has 1 aliphatic heterocycles. The molecule has 2 aromatic rings. The van der Waals surface area contributed by atoms with Gasteiger partial charge in [0.2, 0.25) is 5.95 Å². The molecule has 0 unspecified atom stereocenters. The number of aromatic nitrogens is 3. The maximum Gasteiger partial charge on any atom is 0.421 e. The number of nitrogens with zero attached hydrogens (tertiary/aromatic N) is 4. The van der Waals surface area contributed by atoms with Gasteiger partial charge < -0.3 is 19.5 Å². The molecule has 34 heavy (non-hydrogen) atoms. The van der Waals surface area contributed by atoms with Gasteiger partial charge in [-0.1, -0.05) is 6.92 Å². The predicted octanol–water partition coefficient (Wildman–Crippen LogP) is 3.48. The number of anilines is 1. The summed E-state index contributed by atoms with van der Waals surface area (Å²) in [6, 6.07) is 0.734. The third-order valence-electron chi connectivity index (χ3n) is 5.24. The first-order chi connectivity index (χ1) is 15.9. The molecule has 14 heteroatoms. The summed E-state index contributed by atoms with van der Waals surface area (Å²) in [7, 11) is 0. The lowest BCUT2D eigenvalue weighted by molar-refractivity contribution is -0.139. The Hall–Kier alpha value is -3.32. The molecule has 3 rings (SSSR count). The molecule has 1 N–H and O–H groups in total. The Balaban J connectivity index is 1.56. The van der Waals surface area contributed by atoms with Crippen LogP contribution in [-0.4, -0.2) is 58.2 Å². The monoisotopic (exact) mass is 493 g/mol. The summed E-state index contributed by atoms with van der Waals surface area (Å²) in [5, 5.41) is 0. The molecule has 0 aromatic carbocycles. The zero-order valence-electron chi connectivity index (χ0n) is 17.9. The molecule has 3 heterocycles. The second-order valence-electron chi connectivity index (χ2n) is 7.61. The van der Waals surface area contributed by atoms with E-state index in [2.05, 4.69) is 9.97 Å². The fourth-order valence-corrected chi connectivity index (χ4v) is 3.33. The number of pyridine rings is 1. The number of alkyl halides is 6. The van der Waals surface area contributed by atoms with Crippen molar-refractivity contribution in [3.63, 3.8) is 0 Å². The minimum atomic E-state index is -4.81. The number of carbonyl (C=O) groups is 1. The first kappa shape index (κ1) is 25.3. The minimum absolute atomic E-state index is 0.0263. The smallest absolute Gasteiger partial charge is 0.421 e. The summed E-state index contributed by atoms with van der Waals surface area (Å²) < 4.78 is 82.2. The Morgan fingerprint density at radius 2 is 1.71 bits per heavy atom. The number of aromatic amines is 1. The van der Waals surface area contributed by atoms with E-state index in [0.717, 1.165) is 12.3 Å². The Morgan fingerprint density at radius 3 is 2.24 bits per heavy atom. The van der Waals surface area contributed by atoms with Crippen LogP contribution in [0.1, 0.15) is 30.0 Å². The first-order valence-corrected chi connectivity index (χ1v) is 10.3. The van der Waals surface area contributed by atoms with Crippen LogP contribution in [0.2, 0.25) is 0 Å². The van der Waals surface area contributed by atoms with Crippen molar-refractivity contribution in [2.45, 2.75) is 38.2 Å². The standard InChI is InChI=1S/C20H21F6N5O3/c1-2-14(7-12-8-15(20(24,25)26)16(32)27-9-12)34-18(33)31-5-3-30(4-6-31)17-28-10-13(11-29-17)19(21,22)23/h8-11,14H,2-7H2,1H3,(H,27,32)/t14-/m0/s1. The Morgan fingerprint density at radius 1 is 1.09 bits per heavy atom. The van der Waals surface area contributed by atoms with E-state index in [9.17, 15) is 35.9 Å². The van der Waals surface area contributed by atoms with Crippen molar-refractivity contribution in [1.82, 2.24) is 19.9 Å². The molecule has 0 bridgehead atoms. The summed E-state index contributed by atoms with van der Waals surface area (Å²) in [4.78, 5) is 36.5. The lowest BCUT2D eigenvalue weighted by Gasteiger charge is -2.34. The molecule has 8 nitrogen and oxygen atoms in total. The van der Waals surface area contributed by atoms with Crippen molar-refractivity contribution < 1.29 is 35.9 Å². The average Bonchev–Trinajstić information content (AvgIpc) is 2.78. The molecule has 1 amide bonds. The zero-order chi connectivity index (χ0) is 25.1. The number of ether oxygens (including phenoxy) is 1. The Kier molecular flexibility index (Phi) is 7.36. The number of halogens is 6. The summed E-state index contributed by atoms with van der Waals surface area (Å²) in [6.07, 6.45) is -7.91. The highest BCUT2D eigenvalue weighted by molar-refractivity contribution is 5.68. The number of piperazine rings is 1. The van der Waals surface area contributed by atoms with Gasteiger partial charge in [-0.2, -0.15) is 26.3 Å². The summed E-state index contributed by atoms with van der Waals surface area (Å²) >= 11 is 0. The van der Waals surface area contributed by atoms with E-state index in [4.69, 9.17) is 4.74 Å². The molecular formula is C20H21F6N5O3. The van der Waals surface area contributed by atoms with Crippen LogP contribution in [0.3, 0.4) is 0 Å². The number of carbonyl (C=O) groups excluding carboxylic acids is 1. The molecule has 186 valence electrons. The molecule has 1 saturated heterocycles. The van der Waals surface area contributed by atoms with Crippen molar-refractivity contribution in [1.29, 1.82) is 0 Å². The number of amides is 1. The van der Waals surface area contributed by atoms with Gasteiger partial charge in [0.25, 0.3) is 5.56 Å². The normalized spacial score (nSPS) is 15.9. The number of hydrogen-bond acceptors (Lipinski definition) is 6. The minimum Gasteiger partial charge on any atom is -0.446 e. The highest BCUT2D eigenvalue weighted by Crippen LogP contribution is 2.29. The number of H-pyrrole nitrogens is 1.